The molecule has 0 saturated carbocycles. The Labute approximate surface area is 118 Å². The lowest BCUT2D eigenvalue weighted by molar-refractivity contribution is -0.274. The summed E-state index contributed by atoms with van der Waals surface area (Å²) in [6.45, 7) is 6.72. The third-order valence-corrected chi connectivity index (χ3v) is 3.47. The van der Waals surface area contributed by atoms with Gasteiger partial charge in [0.05, 0.1) is 11.7 Å². The predicted octanol–water partition coefficient (Wildman–Crippen LogP) is -0.221. The quantitative estimate of drug-likeness (QED) is 0.643. The van der Waals surface area contributed by atoms with E-state index in [-0.39, 0.29) is 6.10 Å². The Kier molecular flexibility index (Phi) is 5.51. The number of aliphatic carboxylic acids is 1. The minimum Gasteiger partial charge on any atom is -0.479 e. The van der Waals surface area contributed by atoms with Gasteiger partial charge in [0.1, 0.15) is 24.4 Å². The molecule has 0 spiro atoms. The lowest BCUT2D eigenvalue weighted by Crippen LogP contribution is -2.65. The molecule has 3 unspecified atom stereocenters. The fraction of sp³-hybridized carbons (Fsp3) is 0.923. The van der Waals surface area contributed by atoms with Crippen molar-refractivity contribution in [1.82, 2.24) is 0 Å². The zero-order chi connectivity index (χ0) is 15.7. The molecule has 7 nitrogen and oxygen atoms in total. The second kappa shape index (κ2) is 6.36. The van der Waals surface area contributed by atoms with Crippen molar-refractivity contribution in [2.45, 2.75) is 69.9 Å². The third-order valence-electron chi connectivity index (χ3n) is 3.47. The number of methoxy groups -OCH3 is 1. The topological polar surface area (TPSA) is 105 Å². The van der Waals surface area contributed by atoms with Crippen LogP contribution in [0.25, 0.3) is 0 Å². The van der Waals surface area contributed by atoms with Crippen molar-refractivity contribution in [1.29, 1.82) is 0 Å². The van der Waals surface area contributed by atoms with Gasteiger partial charge in [-0.15, -0.1) is 0 Å². The summed E-state index contributed by atoms with van der Waals surface area (Å²) in [4.78, 5) is 11.3. The molecule has 1 heterocycles. The van der Waals surface area contributed by atoms with E-state index in [9.17, 15) is 20.1 Å². The first kappa shape index (κ1) is 17.3. The number of rotatable bonds is 5. The second-order valence-corrected chi connectivity index (χ2v) is 5.75. The van der Waals surface area contributed by atoms with E-state index >= 15 is 0 Å². The van der Waals surface area contributed by atoms with E-state index < -0.39 is 42.1 Å². The summed E-state index contributed by atoms with van der Waals surface area (Å²) >= 11 is 0. The van der Waals surface area contributed by atoms with Crippen LogP contribution in [0.5, 0.6) is 0 Å². The average Bonchev–Trinajstić information content (AvgIpc) is 2.34. The number of aliphatic hydroxyl groups excluding tert-OH is 2. The van der Waals surface area contributed by atoms with Gasteiger partial charge in [-0.25, -0.2) is 4.79 Å². The van der Waals surface area contributed by atoms with Crippen LogP contribution in [0.4, 0.5) is 0 Å². The summed E-state index contributed by atoms with van der Waals surface area (Å²) in [5.74, 6) is -1.25. The van der Waals surface area contributed by atoms with Gasteiger partial charge in [0.15, 0.2) is 6.10 Å². The molecule has 0 aromatic heterocycles. The summed E-state index contributed by atoms with van der Waals surface area (Å²) < 4.78 is 16.0. The Bertz CT molecular complexity index is 342. The van der Waals surface area contributed by atoms with Gasteiger partial charge < -0.3 is 29.5 Å². The van der Waals surface area contributed by atoms with E-state index in [0.717, 1.165) is 0 Å². The highest BCUT2D eigenvalue weighted by Crippen LogP contribution is 2.31. The van der Waals surface area contributed by atoms with Gasteiger partial charge in [-0.3, -0.25) is 0 Å². The van der Waals surface area contributed by atoms with E-state index in [4.69, 9.17) is 14.2 Å². The first-order valence-electron chi connectivity index (χ1n) is 6.56. The van der Waals surface area contributed by atoms with E-state index in [0.29, 0.717) is 0 Å². The van der Waals surface area contributed by atoms with Gasteiger partial charge in [-0.05, 0) is 27.7 Å². The molecule has 0 bridgehead atoms. The standard InChI is InChI=1S/C13H24O7/c1-6(2)19-9-7(14)8(15)11(13(3,4)18-5)20-10(9)12(16)17/h6-11,14-15H,1-5H3,(H,16,17)/t7-,8?,9+,10?,11?/m1/s1. The molecule has 1 fully saturated rings. The molecule has 7 heteroatoms. The van der Waals surface area contributed by atoms with E-state index in [1.807, 2.05) is 0 Å². The van der Waals surface area contributed by atoms with Crippen LogP contribution in [-0.4, -0.2) is 70.6 Å². The zero-order valence-corrected chi connectivity index (χ0v) is 12.4. The monoisotopic (exact) mass is 292 g/mol. The minimum absolute atomic E-state index is 0.306. The van der Waals surface area contributed by atoms with Crippen LogP contribution >= 0.6 is 0 Å². The van der Waals surface area contributed by atoms with Gasteiger partial charge in [0, 0.05) is 7.11 Å². The fourth-order valence-electron chi connectivity index (χ4n) is 2.22. The molecule has 0 radical (unpaired) electrons. The van der Waals surface area contributed by atoms with Crippen molar-refractivity contribution in [3.8, 4) is 0 Å². The van der Waals surface area contributed by atoms with Crippen molar-refractivity contribution in [2.75, 3.05) is 7.11 Å². The third kappa shape index (κ3) is 3.48. The lowest BCUT2D eigenvalue weighted by atomic mass is 9.86. The maximum absolute atomic E-state index is 11.3. The molecule has 5 atom stereocenters. The van der Waals surface area contributed by atoms with Gasteiger partial charge in [0.2, 0.25) is 0 Å². The van der Waals surface area contributed by atoms with Crippen LogP contribution in [0, 0.1) is 0 Å². The van der Waals surface area contributed by atoms with Crippen LogP contribution in [0.3, 0.4) is 0 Å². The minimum atomic E-state index is -1.37. The molecule has 0 amide bonds. The van der Waals surface area contributed by atoms with E-state index in [1.165, 1.54) is 7.11 Å². The number of hydrogen-bond donors (Lipinski definition) is 3. The highest BCUT2D eigenvalue weighted by atomic mass is 16.6. The molecule has 1 rings (SSSR count). The number of carbonyl (C=O) groups is 1. The summed E-state index contributed by atoms with van der Waals surface area (Å²) in [5, 5.41) is 29.6. The van der Waals surface area contributed by atoms with Gasteiger partial charge in [-0.1, -0.05) is 0 Å². The SMILES string of the molecule is COC(C)(C)C1OC(C(=O)O)[C@@H](OC(C)C)[C@H](O)C1O. The fourth-order valence-corrected chi connectivity index (χ4v) is 2.22. The van der Waals surface area contributed by atoms with Crippen molar-refractivity contribution in [3.63, 3.8) is 0 Å². The number of ether oxygens (including phenoxy) is 3. The molecule has 118 valence electrons. The van der Waals surface area contributed by atoms with Gasteiger partial charge in [0.25, 0.3) is 0 Å². The molecule has 1 aliphatic heterocycles. The molecule has 3 N–H and O–H groups in total. The number of hydrogen-bond acceptors (Lipinski definition) is 6. The zero-order valence-electron chi connectivity index (χ0n) is 12.4. The molecular weight excluding hydrogens is 268 g/mol. The molecular formula is C13H24O7. The first-order valence-corrected chi connectivity index (χ1v) is 6.56. The largest absolute Gasteiger partial charge is 0.479 e. The molecule has 0 aromatic carbocycles. The number of carboxylic acids is 1. The van der Waals surface area contributed by atoms with E-state index in [2.05, 4.69) is 0 Å². The Balaban J connectivity index is 3.03. The summed E-state index contributed by atoms with van der Waals surface area (Å²) in [5.41, 5.74) is -0.948. The summed E-state index contributed by atoms with van der Waals surface area (Å²) in [7, 11) is 1.43. The second-order valence-electron chi connectivity index (χ2n) is 5.75. The first-order chi connectivity index (χ1) is 9.11. The molecule has 1 saturated heterocycles. The van der Waals surface area contributed by atoms with Crippen molar-refractivity contribution in [3.05, 3.63) is 0 Å². The smallest absolute Gasteiger partial charge is 0.335 e. The van der Waals surface area contributed by atoms with Crippen molar-refractivity contribution in [2.24, 2.45) is 0 Å². The molecule has 0 aromatic rings. The predicted molar refractivity (Wildman–Crippen MR) is 69.4 cm³/mol. The van der Waals surface area contributed by atoms with Gasteiger partial charge in [-0.2, -0.15) is 0 Å². The van der Waals surface area contributed by atoms with Gasteiger partial charge >= 0.3 is 5.97 Å². The molecule has 1 aliphatic rings. The van der Waals surface area contributed by atoms with Crippen molar-refractivity contribution >= 4 is 5.97 Å². The van der Waals surface area contributed by atoms with Crippen LogP contribution in [-0.2, 0) is 19.0 Å². The number of carboxylic acid groups (broad SMARTS) is 1. The maximum atomic E-state index is 11.3. The van der Waals surface area contributed by atoms with Crippen LogP contribution < -0.4 is 0 Å². The average molecular weight is 292 g/mol. The lowest BCUT2D eigenvalue weighted by Gasteiger charge is -2.46. The van der Waals surface area contributed by atoms with Crippen molar-refractivity contribution < 1.29 is 34.3 Å². The Hall–Kier alpha value is -0.730. The van der Waals surface area contributed by atoms with Crippen LogP contribution in [0.2, 0.25) is 0 Å². The Morgan fingerprint density at radius 1 is 1.25 bits per heavy atom. The molecule has 20 heavy (non-hydrogen) atoms. The summed E-state index contributed by atoms with van der Waals surface area (Å²) in [6.07, 6.45) is -6.45. The highest BCUT2D eigenvalue weighted by Gasteiger charge is 2.53. The Morgan fingerprint density at radius 2 is 1.80 bits per heavy atom. The van der Waals surface area contributed by atoms with E-state index in [1.54, 1.807) is 27.7 Å². The molecule has 0 aliphatic carbocycles. The normalized spacial score (nSPS) is 35.3. The van der Waals surface area contributed by atoms with Crippen LogP contribution in [0.1, 0.15) is 27.7 Å². The van der Waals surface area contributed by atoms with Crippen LogP contribution in [0.15, 0.2) is 0 Å². The maximum Gasteiger partial charge on any atom is 0.335 e. The Morgan fingerprint density at radius 3 is 2.20 bits per heavy atom. The summed E-state index contributed by atoms with van der Waals surface area (Å²) in [6, 6.07) is 0. The highest BCUT2D eigenvalue weighted by molar-refractivity contribution is 5.73. The number of aliphatic hydroxyl groups is 2.